The molecule has 0 saturated heterocycles. The van der Waals surface area contributed by atoms with Crippen molar-refractivity contribution in [3.05, 3.63) is 200 Å². The smallest absolute Gasteiger partial charge is 0.0000469 e. The van der Waals surface area contributed by atoms with Gasteiger partial charge in [-0.3, -0.25) is 0 Å². The Labute approximate surface area is 454 Å². The normalized spacial score (nSPS) is 12.9. The van der Waals surface area contributed by atoms with Gasteiger partial charge in [-0.1, -0.05) is 107 Å². The van der Waals surface area contributed by atoms with Crippen LogP contribution in [0.4, 0.5) is 0 Å². The van der Waals surface area contributed by atoms with Crippen LogP contribution in [-0.4, -0.2) is 0 Å². The van der Waals surface area contributed by atoms with E-state index in [-0.39, 0.29) is 0 Å². The Morgan fingerprint density at radius 2 is 0.321 bits per heavy atom. The first kappa shape index (κ1) is 44.5. The van der Waals surface area contributed by atoms with Gasteiger partial charge >= 0.3 is 0 Å². The molecule has 78 heavy (non-hydrogen) atoms. The average molecular weight is 995 g/mol. The summed E-state index contributed by atoms with van der Waals surface area (Å²) in [5.74, 6) is 0. The van der Waals surface area contributed by atoms with E-state index >= 15 is 0 Å². The molecular formula is C78H58. The molecule has 0 saturated carbocycles. The van der Waals surface area contributed by atoms with Crippen LogP contribution in [0, 0.1) is 83.1 Å². The lowest BCUT2D eigenvalue weighted by atomic mass is 9.72. The van der Waals surface area contributed by atoms with Crippen LogP contribution >= 0.6 is 0 Å². The van der Waals surface area contributed by atoms with Crippen molar-refractivity contribution < 1.29 is 0 Å². The summed E-state index contributed by atoms with van der Waals surface area (Å²) >= 11 is 0. The van der Waals surface area contributed by atoms with Crippen LogP contribution in [0.5, 0.6) is 0 Å². The minimum atomic E-state index is 1.29. The van der Waals surface area contributed by atoms with E-state index in [0.717, 1.165) is 0 Å². The van der Waals surface area contributed by atoms with E-state index in [1.165, 1.54) is 241 Å². The fourth-order valence-electron chi connectivity index (χ4n) is 17.3. The Balaban J connectivity index is 1.21. The van der Waals surface area contributed by atoms with Crippen molar-refractivity contribution in [1.82, 2.24) is 0 Å². The first-order chi connectivity index (χ1) is 37.6. The Morgan fingerprint density at radius 1 is 0.167 bits per heavy atom. The predicted octanol–water partition coefficient (Wildman–Crippen LogP) is 22.5. The van der Waals surface area contributed by atoms with E-state index in [9.17, 15) is 0 Å². The van der Waals surface area contributed by atoms with Gasteiger partial charge in [-0.2, -0.15) is 0 Å². The maximum Gasteiger partial charge on any atom is -0.0000469 e. The maximum absolute atomic E-state index is 2.60. The van der Waals surface area contributed by atoms with E-state index in [0.29, 0.717) is 0 Å². The molecule has 0 radical (unpaired) electrons. The van der Waals surface area contributed by atoms with Gasteiger partial charge in [-0.15, -0.1) is 0 Å². The second-order valence-electron chi connectivity index (χ2n) is 24.6. The third-order valence-corrected chi connectivity index (χ3v) is 19.3. The van der Waals surface area contributed by atoms with Crippen LogP contribution in [-0.2, 0) is 0 Å². The van der Waals surface area contributed by atoms with Crippen LogP contribution in [0.1, 0.15) is 66.8 Å². The summed E-state index contributed by atoms with van der Waals surface area (Å²) < 4.78 is 0. The molecule has 0 fully saturated rings. The molecule has 0 aliphatic heterocycles. The summed E-state index contributed by atoms with van der Waals surface area (Å²) in [5.41, 5.74) is 26.4. The number of fused-ring (bicyclic) bond motifs is 6. The summed E-state index contributed by atoms with van der Waals surface area (Å²) in [5, 5.41) is 33.1. The van der Waals surface area contributed by atoms with Crippen molar-refractivity contribution in [3.8, 4) is 44.5 Å². The van der Waals surface area contributed by atoms with Gasteiger partial charge in [-0.05, 0) is 350 Å². The lowest BCUT2D eigenvalue weighted by Crippen LogP contribution is -2.02. The van der Waals surface area contributed by atoms with Gasteiger partial charge in [0.05, 0.1) is 0 Å². The SMILES string of the molecule is Cc1cc(C)c(-c2cc3c4cccc5c6cc(-c7c(C)cc(C)cc7C)cc7c8cc(-c9c(C)cc(C)cc9C)cc9c%10cccc%11c%12cc(-c%13c(C)cc(C)cc%13C)cc%13c(c2)c3c2c(c45)c(c67)c(c98)c(c%11%10)c2c%12%13)c(C)c1. The largest absolute Gasteiger partial charge is 0.0610 e. The van der Waals surface area contributed by atoms with Crippen LogP contribution in [0.2, 0.25) is 0 Å². The number of benzene rings is 17. The highest BCUT2D eigenvalue weighted by atomic mass is 14.4. The quantitative estimate of drug-likeness (QED) is 0.122. The molecule has 0 bridgehead atoms. The predicted molar refractivity (Wildman–Crippen MR) is 342 cm³/mol. The van der Waals surface area contributed by atoms with Crippen LogP contribution in [0.3, 0.4) is 0 Å². The Hall–Kier alpha value is -8.58. The summed E-state index contributed by atoms with van der Waals surface area (Å²) in [6, 6.07) is 54.4. The number of hydrogen-bond acceptors (Lipinski definition) is 0. The Bertz CT molecular complexity index is 4770. The minimum Gasteiger partial charge on any atom is -0.0610 e. The third-order valence-electron chi connectivity index (χ3n) is 19.3. The molecule has 0 amide bonds. The van der Waals surface area contributed by atoms with E-state index in [4.69, 9.17) is 0 Å². The van der Waals surface area contributed by atoms with Crippen LogP contribution in [0.15, 0.2) is 133 Å². The minimum absolute atomic E-state index is 1.29. The summed E-state index contributed by atoms with van der Waals surface area (Å²) in [6.07, 6.45) is 0. The zero-order valence-corrected chi connectivity index (χ0v) is 46.7. The van der Waals surface area contributed by atoms with Gasteiger partial charge in [-0.25, -0.2) is 0 Å². The van der Waals surface area contributed by atoms with E-state index in [1.54, 1.807) is 0 Å². The molecule has 0 unspecified atom stereocenters. The van der Waals surface area contributed by atoms with Crippen molar-refractivity contribution in [1.29, 1.82) is 0 Å². The molecule has 0 spiro atoms. The lowest BCUT2D eigenvalue weighted by Gasteiger charge is -2.30. The van der Waals surface area contributed by atoms with Crippen molar-refractivity contribution in [2.75, 3.05) is 0 Å². The molecule has 17 aromatic rings. The van der Waals surface area contributed by atoms with Gasteiger partial charge in [0.15, 0.2) is 0 Å². The fraction of sp³-hybridized carbons (Fsp3) is 0.154. The highest BCUT2D eigenvalue weighted by Crippen LogP contribution is 2.62. The average Bonchev–Trinajstić information content (AvgIpc) is 0.936. The Kier molecular flexibility index (Phi) is 8.40. The fourth-order valence-corrected chi connectivity index (χ4v) is 17.3. The number of hydrogen-bond donors (Lipinski definition) is 0. The molecule has 0 atom stereocenters. The van der Waals surface area contributed by atoms with Crippen LogP contribution in [0.25, 0.3) is 174 Å². The highest BCUT2D eigenvalue weighted by Gasteiger charge is 2.33. The topological polar surface area (TPSA) is 0 Å². The number of aryl methyl sites for hydroxylation is 12. The van der Waals surface area contributed by atoms with Crippen molar-refractivity contribution in [2.24, 2.45) is 0 Å². The van der Waals surface area contributed by atoms with E-state index in [1.807, 2.05) is 0 Å². The zero-order valence-electron chi connectivity index (χ0n) is 46.7. The molecular weight excluding hydrogens is 937 g/mol. The van der Waals surface area contributed by atoms with E-state index < -0.39 is 0 Å². The second-order valence-corrected chi connectivity index (χ2v) is 24.6. The van der Waals surface area contributed by atoms with Crippen molar-refractivity contribution in [2.45, 2.75) is 83.1 Å². The Morgan fingerprint density at radius 3 is 0.500 bits per heavy atom. The number of rotatable bonds is 4. The molecule has 17 rings (SSSR count). The second kappa shape index (κ2) is 14.7. The first-order valence-electron chi connectivity index (χ1n) is 28.2. The highest BCUT2D eigenvalue weighted by molar-refractivity contribution is 6.61. The van der Waals surface area contributed by atoms with Crippen molar-refractivity contribution in [3.63, 3.8) is 0 Å². The van der Waals surface area contributed by atoms with Gasteiger partial charge < -0.3 is 0 Å². The summed E-state index contributed by atoms with van der Waals surface area (Å²) in [4.78, 5) is 0. The molecule has 0 N–H and O–H groups in total. The van der Waals surface area contributed by atoms with E-state index in [2.05, 4.69) is 217 Å². The van der Waals surface area contributed by atoms with Crippen molar-refractivity contribution >= 4 is 129 Å². The third kappa shape index (κ3) is 5.37. The molecule has 17 aromatic carbocycles. The molecule has 0 heterocycles. The zero-order chi connectivity index (χ0) is 53.0. The molecule has 0 nitrogen and oxygen atoms in total. The summed E-state index contributed by atoms with van der Waals surface area (Å²) in [6.45, 7) is 27.5. The lowest BCUT2D eigenvalue weighted by molar-refractivity contribution is 1.32. The standard InChI is InChI=1S/C78H58/c1-35-19-39(5)63(40(6)20-35)47-27-55-51-15-13-16-52-57-29-49(65-43(9)23-37(3)24-44(65)10)33-61-62-34-50(66-45(11)25-38(4)26-46(66)12)30-58-54-18-14-17-53-56-28-48(64-41(7)21-36(2)22-42(64)8)32-60-59(31-47)69(55)75-73(67(51)52)77(71(57)61)78(72(58)62)74(68(53)54)76(75)70(56)60/h13-34H,1-12H3. The monoisotopic (exact) mass is 994 g/mol. The molecule has 0 aromatic heterocycles. The summed E-state index contributed by atoms with van der Waals surface area (Å²) in [7, 11) is 0. The molecule has 0 aliphatic carbocycles. The molecule has 0 aliphatic rings. The van der Waals surface area contributed by atoms with Crippen LogP contribution < -0.4 is 0 Å². The molecule has 370 valence electrons. The molecule has 0 heteroatoms. The van der Waals surface area contributed by atoms with Gasteiger partial charge in [0.25, 0.3) is 0 Å². The maximum atomic E-state index is 2.60. The van der Waals surface area contributed by atoms with Gasteiger partial charge in [0.2, 0.25) is 0 Å². The first-order valence-corrected chi connectivity index (χ1v) is 28.2. The van der Waals surface area contributed by atoms with Gasteiger partial charge in [0, 0.05) is 0 Å². The van der Waals surface area contributed by atoms with Gasteiger partial charge in [0.1, 0.15) is 0 Å².